The van der Waals surface area contributed by atoms with Gasteiger partial charge in [0.15, 0.2) is 16.4 Å². The molecule has 3 aromatic carbocycles. The lowest BCUT2D eigenvalue weighted by Gasteiger charge is -2.10. The standard InChI is InChI=1S/C22H15ClN4O5S/c1-31-19-7-5-12(10-17(19)27(29)30)20(28)26-22(33)24-15-4-2-3-13(9-15)21-25-16-11-14(23)6-8-18(16)32-21/h2-11H,1H3,(H2,24,26,28,33). The minimum absolute atomic E-state index is 0.0139. The topological polar surface area (TPSA) is 120 Å². The number of nitro benzene ring substituents is 1. The molecule has 166 valence electrons. The highest BCUT2D eigenvalue weighted by atomic mass is 35.5. The molecular weight excluding hydrogens is 468 g/mol. The third-order valence-corrected chi connectivity index (χ3v) is 5.02. The van der Waals surface area contributed by atoms with Gasteiger partial charge in [-0.1, -0.05) is 17.7 Å². The molecule has 0 atom stereocenters. The molecule has 0 saturated carbocycles. The molecule has 9 nitrogen and oxygen atoms in total. The minimum Gasteiger partial charge on any atom is -0.490 e. The second-order valence-corrected chi connectivity index (χ2v) is 7.61. The number of nitro groups is 1. The fourth-order valence-electron chi connectivity index (χ4n) is 3.07. The average Bonchev–Trinajstić information content (AvgIpc) is 3.22. The van der Waals surface area contributed by atoms with Crippen LogP contribution >= 0.6 is 23.8 Å². The van der Waals surface area contributed by atoms with Gasteiger partial charge >= 0.3 is 5.69 Å². The highest BCUT2D eigenvalue weighted by Crippen LogP contribution is 2.29. The van der Waals surface area contributed by atoms with E-state index in [2.05, 4.69) is 15.6 Å². The molecule has 4 aromatic rings. The van der Waals surface area contributed by atoms with Gasteiger partial charge in [0.2, 0.25) is 5.89 Å². The Labute approximate surface area is 197 Å². The monoisotopic (exact) mass is 482 g/mol. The number of thiocarbonyl (C=S) groups is 1. The van der Waals surface area contributed by atoms with E-state index in [1.54, 1.807) is 36.4 Å². The second-order valence-electron chi connectivity index (χ2n) is 6.76. The lowest BCUT2D eigenvalue weighted by atomic mass is 10.1. The maximum absolute atomic E-state index is 12.5. The molecular formula is C22H15ClN4O5S. The number of halogens is 1. The van der Waals surface area contributed by atoms with Crippen LogP contribution in [0.5, 0.6) is 5.75 Å². The molecule has 0 spiro atoms. The molecule has 1 aromatic heterocycles. The Hall–Kier alpha value is -4.02. The summed E-state index contributed by atoms with van der Waals surface area (Å²) in [5.41, 5.74) is 2.24. The Kier molecular flexibility index (Phi) is 6.20. The van der Waals surface area contributed by atoms with Crippen molar-refractivity contribution in [3.8, 4) is 17.2 Å². The summed E-state index contributed by atoms with van der Waals surface area (Å²) in [6, 6.07) is 16.1. The summed E-state index contributed by atoms with van der Waals surface area (Å²) in [6.07, 6.45) is 0. The van der Waals surface area contributed by atoms with Crippen molar-refractivity contribution in [2.24, 2.45) is 0 Å². The van der Waals surface area contributed by atoms with Crippen LogP contribution in [0, 0.1) is 10.1 Å². The number of ether oxygens (including phenoxy) is 1. The number of nitrogens with one attached hydrogen (secondary N) is 2. The first kappa shape index (κ1) is 22.2. The normalized spacial score (nSPS) is 10.6. The zero-order valence-electron chi connectivity index (χ0n) is 17.0. The predicted octanol–water partition coefficient (Wildman–Crippen LogP) is 5.19. The lowest BCUT2D eigenvalue weighted by Crippen LogP contribution is -2.34. The number of methoxy groups -OCH3 is 1. The Morgan fingerprint density at radius 3 is 2.76 bits per heavy atom. The molecule has 0 aliphatic rings. The van der Waals surface area contributed by atoms with Gasteiger partial charge in [0.05, 0.1) is 12.0 Å². The maximum atomic E-state index is 12.5. The van der Waals surface area contributed by atoms with Gasteiger partial charge < -0.3 is 14.5 Å². The van der Waals surface area contributed by atoms with Gasteiger partial charge in [-0.15, -0.1) is 0 Å². The van der Waals surface area contributed by atoms with Crippen LogP contribution in [0.1, 0.15) is 10.4 Å². The van der Waals surface area contributed by atoms with Crippen LogP contribution in [0.15, 0.2) is 65.1 Å². The zero-order chi connectivity index (χ0) is 23.5. The molecule has 1 amide bonds. The smallest absolute Gasteiger partial charge is 0.311 e. The first-order valence-electron chi connectivity index (χ1n) is 9.45. The van der Waals surface area contributed by atoms with Gasteiger partial charge in [-0.2, -0.15) is 0 Å². The summed E-state index contributed by atoms with van der Waals surface area (Å²) >= 11 is 11.2. The van der Waals surface area contributed by atoms with Crippen LogP contribution in [0.2, 0.25) is 5.02 Å². The minimum atomic E-state index is -0.627. The Morgan fingerprint density at radius 1 is 1.18 bits per heavy atom. The van der Waals surface area contributed by atoms with Gasteiger partial charge in [0.25, 0.3) is 5.91 Å². The van der Waals surface area contributed by atoms with E-state index in [4.69, 9.17) is 33.0 Å². The van der Waals surface area contributed by atoms with E-state index in [1.165, 1.54) is 19.2 Å². The number of anilines is 1. The molecule has 0 radical (unpaired) electrons. The van der Waals surface area contributed by atoms with E-state index in [-0.39, 0.29) is 22.1 Å². The maximum Gasteiger partial charge on any atom is 0.311 e. The Bertz CT molecular complexity index is 1400. The molecule has 11 heteroatoms. The van der Waals surface area contributed by atoms with E-state index in [0.717, 1.165) is 6.07 Å². The van der Waals surface area contributed by atoms with E-state index in [9.17, 15) is 14.9 Å². The molecule has 0 bridgehead atoms. The SMILES string of the molecule is COc1ccc(C(=O)NC(=S)Nc2cccc(-c3nc4cc(Cl)ccc4o3)c2)cc1[N+](=O)[O-]. The van der Waals surface area contributed by atoms with Gasteiger partial charge in [0, 0.05) is 27.9 Å². The highest BCUT2D eigenvalue weighted by molar-refractivity contribution is 7.80. The van der Waals surface area contributed by atoms with Crippen molar-refractivity contribution in [1.29, 1.82) is 0 Å². The molecule has 33 heavy (non-hydrogen) atoms. The number of hydrogen-bond donors (Lipinski definition) is 2. The van der Waals surface area contributed by atoms with Crippen LogP contribution in [0.4, 0.5) is 11.4 Å². The van der Waals surface area contributed by atoms with Crippen molar-refractivity contribution in [1.82, 2.24) is 10.3 Å². The number of fused-ring (bicyclic) bond motifs is 1. The first-order chi connectivity index (χ1) is 15.8. The van der Waals surface area contributed by atoms with E-state index in [0.29, 0.717) is 33.3 Å². The third-order valence-electron chi connectivity index (χ3n) is 4.58. The lowest BCUT2D eigenvalue weighted by molar-refractivity contribution is -0.385. The number of aromatic nitrogens is 1. The average molecular weight is 483 g/mol. The summed E-state index contributed by atoms with van der Waals surface area (Å²) in [6.45, 7) is 0. The largest absolute Gasteiger partial charge is 0.490 e. The summed E-state index contributed by atoms with van der Waals surface area (Å²) in [7, 11) is 1.31. The van der Waals surface area contributed by atoms with E-state index >= 15 is 0 Å². The molecule has 0 aliphatic heterocycles. The number of amides is 1. The summed E-state index contributed by atoms with van der Waals surface area (Å²) in [5, 5.41) is 17.2. The molecule has 0 unspecified atom stereocenters. The summed E-state index contributed by atoms with van der Waals surface area (Å²) < 4.78 is 10.7. The number of carbonyl (C=O) groups excluding carboxylic acids is 1. The fourth-order valence-corrected chi connectivity index (χ4v) is 3.44. The third kappa shape index (κ3) is 4.92. The van der Waals surface area contributed by atoms with E-state index < -0.39 is 10.8 Å². The van der Waals surface area contributed by atoms with Crippen LogP contribution < -0.4 is 15.4 Å². The second kappa shape index (κ2) is 9.23. The molecule has 0 aliphatic carbocycles. The Morgan fingerprint density at radius 2 is 2.00 bits per heavy atom. The van der Waals surface area contributed by atoms with Crippen LogP contribution in [-0.4, -0.2) is 28.0 Å². The molecule has 2 N–H and O–H groups in total. The number of benzene rings is 3. The highest BCUT2D eigenvalue weighted by Gasteiger charge is 2.19. The van der Waals surface area contributed by atoms with Crippen molar-refractivity contribution in [2.75, 3.05) is 12.4 Å². The zero-order valence-corrected chi connectivity index (χ0v) is 18.6. The Balaban J connectivity index is 1.48. The van der Waals surface area contributed by atoms with Crippen LogP contribution in [0.3, 0.4) is 0 Å². The van der Waals surface area contributed by atoms with Crippen molar-refractivity contribution < 1.29 is 18.9 Å². The fraction of sp³-hybridized carbons (Fsp3) is 0.0455. The van der Waals surface area contributed by atoms with Crippen LogP contribution in [0.25, 0.3) is 22.6 Å². The molecule has 1 heterocycles. The number of nitrogens with zero attached hydrogens (tertiary/aromatic N) is 2. The van der Waals surface area contributed by atoms with Crippen molar-refractivity contribution in [3.63, 3.8) is 0 Å². The van der Waals surface area contributed by atoms with Crippen molar-refractivity contribution >= 4 is 57.3 Å². The number of hydrogen-bond acceptors (Lipinski definition) is 7. The van der Waals surface area contributed by atoms with Crippen molar-refractivity contribution in [3.05, 3.63) is 81.4 Å². The van der Waals surface area contributed by atoms with Crippen molar-refractivity contribution in [2.45, 2.75) is 0 Å². The molecule has 0 saturated heterocycles. The number of oxazole rings is 1. The number of carbonyl (C=O) groups is 1. The first-order valence-corrected chi connectivity index (χ1v) is 10.2. The number of rotatable bonds is 5. The van der Waals surface area contributed by atoms with Gasteiger partial charge in [-0.05, 0) is 60.7 Å². The summed E-state index contributed by atoms with van der Waals surface area (Å²) in [4.78, 5) is 27.5. The molecule has 0 fully saturated rings. The van der Waals surface area contributed by atoms with Gasteiger partial charge in [-0.25, -0.2) is 4.98 Å². The van der Waals surface area contributed by atoms with E-state index in [1.807, 2.05) is 6.07 Å². The predicted molar refractivity (Wildman–Crippen MR) is 128 cm³/mol. The van der Waals surface area contributed by atoms with Gasteiger partial charge in [-0.3, -0.25) is 20.2 Å². The summed E-state index contributed by atoms with van der Waals surface area (Å²) in [5.74, 6) is -0.155. The quantitative estimate of drug-likeness (QED) is 0.226. The molecule has 4 rings (SSSR count). The van der Waals surface area contributed by atoms with Crippen LogP contribution in [-0.2, 0) is 0 Å². The van der Waals surface area contributed by atoms with Gasteiger partial charge in [0.1, 0.15) is 5.52 Å².